The first-order chi connectivity index (χ1) is 8.70. The molecule has 0 bridgehead atoms. The summed E-state index contributed by atoms with van der Waals surface area (Å²) in [6.45, 7) is 5.15. The Morgan fingerprint density at radius 3 is 2.78 bits per heavy atom. The zero-order chi connectivity index (χ0) is 13.0. The molecule has 18 heavy (non-hydrogen) atoms. The normalized spacial score (nSPS) is 12.4. The fourth-order valence-corrected chi connectivity index (χ4v) is 2.72. The first-order valence-corrected chi connectivity index (χ1v) is 6.99. The topological polar surface area (TPSA) is 21.3 Å². The number of methoxy groups -OCH3 is 1. The number of aryl methyl sites for hydroxylation is 1. The van der Waals surface area contributed by atoms with Crippen LogP contribution in [0.1, 0.15) is 29.0 Å². The third-order valence-electron chi connectivity index (χ3n) is 3.04. The molecule has 0 amide bonds. The van der Waals surface area contributed by atoms with Gasteiger partial charge in [0.15, 0.2) is 0 Å². The lowest BCUT2D eigenvalue weighted by molar-refractivity contribution is 0.411. The molecule has 0 aliphatic rings. The summed E-state index contributed by atoms with van der Waals surface area (Å²) < 4.78 is 5.27. The zero-order valence-corrected chi connectivity index (χ0v) is 11.9. The molecule has 1 N–H and O–H groups in total. The van der Waals surface area contributed by atoms with E-state index in [0.717, 1.165) is 12.3 Å². The Labute approximate surface area is 113 Å². The SMILES string of the molecule is COc1ccc(CNC(C)c2cccs2)cc1C. The molecule has 1 unspecified atom stereocenters. The van der Waals surface area contributed by atoms with Gasteiger partial charge in [-0.15, -0.1) is 11.3 Å². The highest BCUT2D eigenvalue weighted by Crippen LogP contribution is 2.21. The van der Waals surface area contributed by atoms with E-state index in [4.69, 9.17) is 4.74 Å². The van der Waals surface area contributed by atoms with E-state index in [1.165, 1.54) is 16.0 Å². The van der Waals surface area contributed by atoms with Crippen LogP contribution in [-0.2, 0) is 6.54 Å². The summed E-state index contributed by atoms with van der Waals surface area (Å²) >= 11 is 1.79. The zero-order valence-electron chi connectivity index (χ0n) is 11.1. The molecule has 1 atom stereocenters. The summed E-state index contributed by atoms with van der Waals surface area (Å²) in [6, 6.07) is 11.0. The average molecular weight is 261 g/mol. The third kappa shape index (κ3) is 3.12. The molecule has 96 valence electrons. The lowest BCUT2D eigenvalue weighted by atomic mass is 10.1. The first-order valence-electron chi connectivity index (χ1n) is 6.11. The van der Waals surface area contributed by atoms with E-state index in [9.17, 15) is 0 Å². The predicted molar refractivity (Wildman–Crippen MR) is 77.3 cm³/mol. The fraction of sp³-hybridized carbons (Fsp3) is 0.333. The molecule has 1 aromatic heterocycles. The average Bonchev–Trinajstić information content (AvgIpc) is 2.90. The molecule has 3 heteroatoms. The van der Waals surface area contributed by atoms with Gasteiger partial charge in [-0.2, -0.15) is 0 Å². The van der Waals surface area contributed by atoms with Crippen LogP contribution in [0.2, 0.25) is 0 Å². The van der Waals surface area contributed by atoms with Gasteiger partial charge in [0.05, 0.1) is 7.11 Å². The first kappa shape index (κ1) is 13.1. The Morgan fingerprint density at radius 1 is 1.33 bits per heavy atom. The molecule has 1 aromatic carbocycles. The van der Waals surface area contributed by atoms with Crippen molar-refractivity contribution >= 4 is 11.3 Å². The summed E-state index contributed by atoms with van der Waals surface area (Å²) in [5, 5.41) is 5.65. The number of ether oxygens (including phenoxy) is 1. The molecule has 0 spiro atoms. The number of benzene rings is 1. The van der Waals surface area contributed by atoms with E-state index < -0.39 is 0 Å². The van der Waals surface area contributed by atoms with E-state index in [1.54, 1.807) is 18.4 Å². The van der Waals surface area contributed by atoms with Crippen LogP contribution in [-0.4, -0.2) is 7.11 Å². The second-order valence-electron chi connectivity index (χ2n) is 4.42. The fourth-order valence-electron chi connectivity index (χ4n) is 1.96. The molecular weight excluding hydrogens is 242 g/mol. The van der Waals surface area contributed by atoms with Crippen LogP contribution in [0.15, 0.2) is 35.7 Å². The number of rotatable bonds is 5. The van der Waals surface area contributed by atoms with Gasteiger partial charge in [0.1, 0.15) is 5.75 Å². The maximum absolute atomic E-state index is 5.27. The summed E-state index contributed by atoms with van der Waals surface area (Å²) in [7, 11) is 1.71. The Morgan fingerprint density at radius 2 is 2.17 bits per heavy atom. The number of hydrogen-bond acceptors (Lipinski definition) is 3. The van der Waals surface area contributed by atoms with Crippen LogP contribution in [0.3, 0.4) is 0 Å². The van der Waals surface area contributed by atoms with E-state index in [-0.39, 0.29) is 0 Å². The molecule has 1 heterocycles. The van der Waals surface area contributed by atoms with Crippen molar-refractivity contribution < 1.29 is 4.74 Å². The predicted octanol–water partition coefficient (Wildman–Crippen LogP) is 3.92. The molecule has 0 aliphatic carbocycles. The lowest BCUT2D eigenvalue weighted by Gasteiger charge is -2.13. The molecule has 0 aliphatic heterocycles. The van der Waals surface area contributed by atoms with Crippen LogP contribution in [0.25, 0.3) is 0 Å². The van der Waals surface area contributed by atoms with Crippen LogP contribution in [0.5, 0.6) is 5.75 Å². The van der Waals surface area contributed by atoms with Gasteiger partial charge in [-0.25, -0.2) is 0 Å². The molecular formula is C15H19NOS. The van der Waals surface area contributed by atoms with Crippen molar-refractivity contribution in [3.63, 3.8) is 0 Å². The summed E-state index contributed by atoms with van der Waals surface area (Å²) in [6.07, 6.45) is 0. The van der Waals surface area contributed by atoms with Gasteiger partial charge in [0.25, 0.3) is 0 Å². The Bertz CT molecular complexity index is 493. The molecule has 2 nitrogen and oxygen atoms in total. The molecule has 0 saturated heterocycles. The number of thiophene rings is 1. The van der Waals surface area contributed by atoms with Crippen molar-refractivity contribution in [2.24, 2.45) is 0 Å². The maximum Gasteiger partial charge on any atom is 0.121 e. The quantitative estimate of drug-likeness (QED) is 0.881. The third-order valence-corrected chi connectivity index (χ3v) is 4.10. The van der Waals surface area contributed by atoms with Crippen LogP contribution >= 0.6 is 11.3 Å². The van der Waals surface area contributed by atoms with Gasteiger partial charge in [0, 0.05) is 17.5 Å². The minimum Gasteiger partial charge on any atom is -0.496 e. The number of hydrogen-bond donors (Lipinski definition) is 1. The van der Waals surface area contributed by atoms with Gasteiger partial charge >= 0.3 is 0 Å². The van der Waals surface area contributed by atoms with Crippen LogP contribution < -0.4 is 10.1 Å². The minimum atomic E-state index is 0.396. The van der Waals surface area contributed by atoms with Crippen LogP contribution in [0.4, 0.5) is 0 Å². The highest BCUT2D eigenvalue weighted by molar-refractivity contribution is 7.10. The lowest BCUT2D eigenvalue weighted by Crippen LogP contribution is -2.17. The standard InChI is InChI=1S/C15H19NOS/c1-11-9-13(6-7-14(11)17-3)10-16-12(2)15-5-4-8-18-15/h4-9,12,16H,10H2,1-3H3. The van der Waals surface area contributed by atoms with Gasteiger partial charge < -0.3 is 10.1 Å². The smallest absolute Gasteiger partial charge is 0.121 e. The van der Waals surface area contributed by atoms with Crippen molar-refractivity contribution in [3.8, 4) is 5.75 Å². The monoisotopic (exact) mass is 261 g/mol. The molecule has 0 radical (unpaired) electrons. The van der Waals surface area contributed by atoms with Crippen molar-refractivity contribution in [2.75, 3.05) is 7.11 Å². The Balaban J connectivity index is 1.96. The van der Waals surface area contributed by atoms with Crippen LogP contribution in [0, 0.1) is 6.92 Å². The largest absolute Gasteiger partial charge is 0.496 e. The van der Waals surface area contributed by atoms with E-state index in [2.05, 4.69) is 48.8 Å². The van der Waals surface area contributed by atoms with Crippen molar-refractivity contribution in [1.82, 2.24) is 5.32 Å². The molecule has 2 aromatic rings. The molecule has 0 fully saturated rings. The van der Waals surface area contributed by atoms with Crippen molar-refractivity contribution in [2.45, 2.75) is 26.4 Å². The second-order valence-corrected chi connectivity index (χ2v) is 5.40. The highest BCUT2D eigenvalue weighted by Gasteiger charge is 2.06. The summed E-state index contributed by atoms with van der Waals surface area (Å²) in [5.74, 6) is 0.949. The van der Waals surface area contributed by atoms with Gasteiger partial charge in [-0.1, -0.05) is 18.2 Å². The highest BCUT2D eigenvalue weighted by atomic mass is 32.1. The van der Waals surface area contributed by atoms with E-state index >= 15 is 0 Å². The number of nitrogens with one attached hydrogen (secondary N) is 1. The van der Waals surface area contributed by atoms with Crippen molar-refractivity contribution in [3.05, 3.63) is 51.7 Å². The molecule has 2 rings (SSSR count). The maximum atomic E-state index is 5.27. The molecule has 0 saturated carbocycles. The Kier molecular flexibility index (Phi) is 4.39. The minimum absolute atomic E-state index is 0.396. The van der Waals surface area contributed by atoms with E-state index in [0.29, 0.717) is 6.04 Å². The van der Waals surface area contributed by atoms with E-state index in [1.807, 2.05) is 6.07 Å². The van der Waals surface area contributed by atoms with Gasteiger partial charge in [-0.3, -0.25) is 0 Å². The van der Waals surface area contributed by atoms with Gasteiger partial charge in [0.2, 0.25) is 0 Å². The summed E-state index contributed by atoms with van der Waals surface area (Å²) in [5.41, 5.74) is 2.47. The second kappa shape index (κ2) is 6.03. The summed E-state index contributed by atoms with van der Waals surface area (Å²) in [4.78, 5) is 1.38. The van der Waals surface area contributed by atoms with Crippen molar-refractivity contribution in [1.29, 1.82) is 0 Å². The Hall–Kier alpha value is -1.32. The van der Waals surface area contributed by atoms with Gasteiger partial charge in [-0.05, 0) is 42.5 Å².